The van der Waals surface area contributed by atoms with Gasteiger partial charge >= 0.3 is 0 Å². The number of aryl methyl sites for hydroxylation is 1. The maximum atomic E-state index is 13.4. The second-order valence-corrected chi connectivity index (χ2v) is 9.65. The van der Waals surface area contributed by atoms with E-state index < -0.39 is 6.04 Å². The van der Waals surface area contributed by atoms with Gasteiger partial charge in [0.1, 0.15) is 17.6 Å². The summed E-state index contributed by atoms with van der Waals surface area (Å²) in [6, 6.07) is 14.0. The van der Waals surface area contributed by atoms with Crippen LogP contribution >= 0.6 is 0 Å². The van der Waals surface area contributed by atoms with Crippen molar-refractivity contribution in [2.45, 2.75) is 38.6 Å². The van der Waals surface area contributed by atoms with Crippen molar-refractivity contribution in [2.75, 3.05) is 25.0 Å². The molecule has 2 fully saturated rings. The van der Waals surface area contributed by atoms with Crippen molar-refractivity contribution in [3.63, 3.8) is 0 Å². The smallest absolute Gasteiger partial charge is 0.258 e. The number of phenols is 1. The number of hydrogen-bond donors (Lipinski definition) is 2. The number of benzene rings is 2. The summed E-state index contributed by atoms with van der Waals surface area (Å²) in [4.78, 5) is 47.0. The van der Waals surface area contributed by atoms with Crippen LogP contribution in [0.4, 0.5) is 5.82 Å². The molecule has 0 aliphatic carbocycles. The minimum atomic E-state index is -0.551. The van der Waals surface area contributed by atoms with E-state index in [1.54, 1.807) is 28.1 Å². The normalized spacial score (nSPS) is 18.4. The highest BCUT2D eigenvalue weighted by Crippen LogP contribution is 2.32. The molecule has 186 valence electrons. The van der Waals surface area contributed by atoms with Gasteiger partial charge in [0, 0.05) is 37.1 Å². The summed E-state index contributed by atoms with van der Waals surface area (Å²) in [6.07, 6.45) is 4.13. The summed E-state index contributed by atoms with van der Waals surface area (Å²) < 4.78 is 0. The third-order valence-electron chi connectivity index (χ3n) is 7.27. The number of hydrogen-bond acceptors (Lipinski definition) is 5. The van der Waals surface area contributed by atoms with E-state index in [2.05, 4.69) is 10.3 Å². The molecule has 0 saturated carbocycles. The topological polar surface area (TPSA) is 103 Å². The number of carbonyl (C=O) groups is 3. The Labute approximate surface area is 209 Å². The van der Waals surface area contributed by atoms with Crippen LogP contribution in [0.3, 0.4) is 0 Å². The van der Waals surface area contributed by atoms with E-state index in [-0.39, 0.29) is 35.0 Å². The molecule has 2 aromatic carbocycles. The lowest BCUT2D eigenvalue weighted by molar-refractivity contribution is -0.138. The molecule has 8 nitrogen and oxygen atoms in total. The molecule has 3 heterocycles. The third-order valence-corrected chi connectivity index (χ3v) is 7.27. The highest BCUT2D eigenvalue weighted by molar-refractivity contribution is 6.05. The van der Waals surface area contributed by atoms with Gasteiger partial charge in [-0.3, -0.25) is 14.4 Å². The number of likely N-dealkylation sites (tertiary alicyclic amines) is 2. The van der Waals surface area contributed by atoms with Crippen molar-refractivity contribution in [1.29, 1.82) is 0 Å². The van der Waals surface area contributed by atoms with Gasteiger partial charge in [-0.1, -0.05) is 30.3 Å². The molecule has 1 unspecified atom stereocenters. The van der Waals surface area contributed by atoms with Crippen LogP contribution in [0.2, 0.25) is 0 Å². The van der Waals surface area contributed by atoms with Gasteiger partial charge in [-0.25, -0.2) is 4.98 Å². The molecule has 3 amide bonds. The van der Waals surface area contributed by atoms with Crippen LogP contribution in [-0.4, -0.2) is 63.3 Å². The zero-order chi connectivity index (χ0) is 25.2. The Morgan fingerprint density at radius 2 is 1.78 bits per heavy atom. The zero-order valence-electron chi connectivity index (χ0n) is 20.3. The number of anilines is 1. The summed E-state index contributed by atoms with van der Waals surface area (Å²) in [5.74, 6) is -0.187. The van der Waals surface area contributed by atoms with Crippen LogP contribution in [0.1, 0.15) is 41.6 Å². The number of pyridine rings is 1. The summed E-state index contributed by atoms with van der Waals surface area (Å²) >= 11 is 0. The fourth-order valence-electron chi connectivity index (χ4n) is 5.25. The van der Waals surface area contributed by atoms with E-state index in [1.807, 2.05) is 43.3 Å². The molecule has 8 heteroatoms. The minimum Gasteiger partial charge on any atom is -0.506 e. The fraction of sp³-hybridized carbons (Fsp3) is 0.357. The highest BCUT2D eigenvalue weighted by Gasteiger charge is 2.39. The SMILES string of the molecule is Cc1ccnc(NC(=O)C2CCN(C(=O)C3CCCN3C(=O)c3ccc4ccccc4c3O)CC2)c1. The first-order chi connectivity index (χ1) is 17.4. The highest BCUT2D eigenvalue weighted by atomic mass is 16.3. The summed E-state index contributed by atoms with van der Waals surface area (Å²) in [7, 11) is 0. The van der Waals surface area contributed by atoms with Gasteiger partial charge in [0.2, 0.25) is 11.8 Å². The number of nitrogens with zero attached hydrogens (tertiary/aromatic N) is 3. The largest absolute Gasteiger partial charge is 0.506 e. The standard InChI is InChI=1S/C28H30N4O4/c1-18-10-13-29-24(17-18)30-26(34)20-11-15-31(16-12-20)28(36)23-7-4-14-32(23)27(35)22-9-8-19-5-2-3-6-21(19)25(22)33/h2-3,5-6,8-10,13,17,20,23,33H,4,7,11-12,14-16H2,1H3,(H,29,30,34). The van der Waals surface area contributed by atoms with Crippen LogP contribution in [0.25, 0.3) is 10.8 Å². The summed E-state index contributed by atoms with van der Waals surface area (Å²) in [6.45, 7) is 3.36. The fourth-order valence-corrected chi connectivity index (χ4v) is 5.25. The number of fused-ring (bicyclic) bond motifs is 1. The molecule has 2 aliphatic heterocycles. The molecule has 0 bridgehead atoms. The van der Waals surface area contributed by atoms with Crippen LogP contribution in [0.5, 0.6) is 5.75 Å². The first kappa shape index (κ1) is 23.8. The molecule has 3 aromatic rings. The lowest BCUT2D eigenvalue weighted by Crippen LogP contribution is -2.50. The molecular formula is C28H30N4O4. The van der Waals surface area contributed by atoms with Crippen LogP contribution in [0, 0.1) is 12.8 Å². The third kappa shape index (κ3) is 4.63. The van der Waals surface area contributed by atoms with Crippen molar-refractivity contribution < 1.29 is 19.5 Å². The van der Waals surface area contributed by atoms with E-state index in [0.717, 1.165) is 17.4 Å². The lowest BCUT2D eigenvalue weighted by Gasteiger charge is -2.35. The Balaban J connectivity index is 1.23. The van der Waals surface area contributed by atoms with E-state index in [4.69, 9.17) is 0 Å². The Morgan fingerprint density at radius 3 is 2.56 bits per heavy atom. The van der Waals surface area contributed by atoms with E-state index in [0.29, 0.717) is 50.1 Å². The number of phenolic OH excluding ortho intramolecular Hbond substituents is 1. The Morgan fingerprint density at radius 1 is 1.00 bits per heavy atom. The zero-order valence-corrected chi connectivity index (χ0v) is 20.3. The van der Waals surface area contributed by atoms with Crippen molar-refractivity contribution >= 4 is 34.3 Å². The van der Waals surface area contributed by atoms with Gasteiger partial charge in [-0.05, 0) is 61.8 Å². The second kappa shape index (κ2) is 9.97. The van der Waals surface area contributed by atoms with Gasteiger partial charge in [0.15, 0.2) is 0 Å². The Kier molecular flexibility index (Phi) is 6.59. The molecule has 5 rings (SSSR count). The van der Waals surface area contributed by atoms with Gasteiger partial charge in [0.05, 0.1) is 5.56 Å². The molecule has 36 heavy (non-hydrogen) atoms. The molecule has 2 aliphatic rings. The molecule has 0 spiro atoms. The molecule has 1 aromatic heterocycles. The molecule has 2 N–H and O–H groups in total. The average Bonchev–Trinajstić information content (AvgIpc) is 3.38. The Hall–Kier alpha value is -3.94. The van der Waals surface area contributed by atoms with Crippen molar-refractivity contribution in [3.8, 4) is 5.75 Å². The number of aromatic hydroxyl groups is 1. The first-order valence-electron chi connectivity index (χ1n) is 12.5. The van der Waals surface area contributed by atoms with Gasteiger partial charge in [-0.2, -0.15) is 0 Å². The van der Waals surface area contributed by atoms with Crippen LogP contribution in [-0.2, 0) is 9.59 Å². The molecule has 1 atom stereocenters. The minimum absolute atomic E-state index is 0.0499. The van der Waals surface area contributed by atoms with Gasteiger partial charge in [0.25, 0.3) is 5.91 Å². The number of piperidine rings is 1. The molecule has 2 saturated heterocycles. The number of aromatic nitrogens is 1. The first-order valence-corrected chi connectivity index (χ1v) is 12.5. The summed E-state index contributed by atoms with van der Waals surface area (Å²) in [5, 5.41) is 15.1. The predicted molar refractivity (Wildman–Crippen MR) is 137 cm³/mol. The number of nitrogens with one attached hydrogen (secondary N) is 1. The Bertz CT molecular complexity index is 1320. The van der Waals surface area contributed by atoms with E-state index >= 15 is 0 Å². The number of rotatable bonds is 4. The maximum Gasteiger partial charge on any atom is 0.258 e. The molecular weight excluding hydrogens is 456 g/mol. The monoisotopic (exact) mass is 486 g/mol. The van der Waals surface area contributed by atoms with Gasteiger partial charge in [-0.15, -0.1) is 0 Å². The summed E-state index contributed by atoms with van der Waals surface area (Å²) in [5.41, 5.74) is 1.24. The van der Waals surface area contributed by atoms with E-state index in [9.17, 15) is 19.5 Å². The number of amides is 3. The predicted octanol–water partition coefficient (Wildman–Crippen LogP) is 3.73. The lowest BCUT2D eigenvalue weighted by atomic mass is 9.95. The van der Waals surface area contributed by atoms with Crippen molar-refractivity contribution in [2.24, 2.45) is 5.92 Å². The second-order valence-electron chi connectivity index (χ2n) is 9.65. The maximum absolute atomic E-state index is 13.4. The van der Waals surface area contributed by atoms with Crippen LogP contribution in [0.15, 0.2) is 54.7 Å². The van der Waals surface area contributed by atoms with Crippen LogP contribution < -0.4 is 5.32 Å². The average molecular weight is 487 g/mol. The number of carbonyl (C=O) groups excluding carboxylic acids is 3. The van der Waals surface area contributed by atoms with E-state index in [1.165, 1.54) is 0 Å². The van der Waals surface area contributed by atoms with Crippen molar-refractivity contribution in [3.05, 3.63) is 65.9 Å². The quantitative estimate of drug-likeness (QED) is 0.585. The van der Waals surface area contributed by atoms with Gasteiger partial charge < -0.3 is 20.2 Å². The van der Waals surface area contributed by atoms with Crippen molar-refractivity contribution in [1.82, 2.24) is 14.8 Å². The molecule has 0 radical (unpaired) electrons.